The van der Waals surface area contributed by atoms with Gasteiger partial charge in [-0.05, 0) is 29.3 Å². The Labute approximate surface area is 133 Å². The van der Waals surface area contributed by atoms with Crippen molar-refractivity contribution in [2.24, 2.45) is 0 Å². The van der Waals surface area contributed by atoms with Crippen molar-refractivity contribution in [2.45, 2.75) is 6.61 Å². The molecule has 0 saturated heterocycles. The Hall–Kier alpha value is -2.06. The van der Waals surface area contributed by atoms with Crippen LogP contribution in [0.2, 0.25) is 0 Å². The normalized spacial score (nSPS) is 10.3. The van der Waals surface area contributed by atoms with Crippen LogP contribution < -0.4 is 4.74 Å². The third-order valence-electron chi connectivity index (χ3n) is 3.28. The molecule has 2 heteroatoms. The zero-order valence-corrected chi connectivity index (χ0v) is 13.1. The molecule has 0 saturated carbocycles. The Balaban J connectivity index is 1.81. The van der Waals surface area contributed by atoms with Crippen LogP contribution in [0, 0.1) is 0 Å². The summed E-state index contributed by atoms with van der Waals surface area (Å²) in [7, 11) is 0. The van der Waals surface area contributed by atoms with Crippen molar-refractivity contribution >= 4 is 15.9 Å². The fourth-order valence-electron chi connectivity index (χ4n) is 2.19. The summed E-state index contributed by atoms with van der Waals surface area (Å²) in [5, 5.41) is 0. The molecular weight excluding hydrogens is 324 g/mol. The smallest absolute Gasteiger partial charge is 0.127 e. The predicted octanol–water partition coefficient (Wildman–Crippen LogP) is 5.70. The molecule has 0 aliphatic rings. The molecule has 3 aromatic rings. The SMILES string of the molecule is Brc1ccc(COc2ccccc2-c2ccccc2)cc1. The molecule has 0 aromatic heterocycles. The van der Waals surface area contributed by atoms with E-state index in [1.54, 1.807) is 0 Å². The first-order valence-electron chi connectivity index (χ1n) is 6.84. The predicted molar refractivity (Wildman–Crippen MR) is 90.4 cm³/mol. The summed E-state index contributed by atoms with van der Waals surface area (Å²) in [5.74, 6) is 0.909. The van der Waals surface area contributed by atoms with Gasteiger partial charge in [0.2, 0.25) is 0 Å². The molecule has 3 aromatic carbocycles. The topological polar surface area (TPSA) is 9.23 Å². The van der Waals surface area contributed by atoms with Crippen molar-refractivity contribution in [3.05, 3.63) is 88.9 Å². The highest BCUT2D eigenvalue weighted by Crippen LogP contribution is 2.30. The van der Waals surface area contributed by atoms with Crippen LogP contribution in [0.3, 0.4) is 0 Å². The van der Waals surface area contributed by atoms with E-state index in [1.165, 1.54) is 5.56 Å². The molecular formula is C19H15BrO. The second kappa shape index (κ2) is 6.59. The summed E-state index contributed by atoms with van der Waals surface area (Å²) in [6, 6.07) is 26.6. The molecule has 0 aliphatic heterocycles. The molecule has 0 fully saturated rings. The molecule has 21 heavy (non-hydrogen) atoms. The van der Waals surface area contributed by atoms with Gasteiger partial charge in [0, 0.05) is 10.0 Å². The Morgan fingerprint density at radius 3 is 2.14 bits per heavy atom. The third kappa shape index (κ3) is 3.53. The highest BCUT2D eigenvalue weighted by molar-refractivity contribution is 9.10. The standard InChI is InChI=1S/C19H15BrO/c20-17-12-10-15(11-13-17)14-21-19-9-5-4-8-18(19)16-6-2-1-3-7-16/h1-13H,14H2. The van der Waals surface area contributed by atoms with E-state index in [-0.39, 0.29) is 0 Å². The van der Waals surface area contributed by atoms with Gasteiger partial charge in [-0.15, -0.1) is 0 Å². The monoisotopic (exact) mass is 338 g/mol. The molecule has 0 N–H and O–H groups in total. The van der Waals surface area contributed by atoms with E-state index in [0.29, 0.717) is 6.61 Å². The number of benzene rings is 3. The average Bonchev–Trinajstić information content (AvgIpc) is 2.55. The number of para-hydroxylation sites is 1. The van der Waals surface area contributed by atoms with Gasteiger partial charge in [0.1, 0.15) is 12.4 Å². The second-order valence-corrected chi connectivity index (χ2v) is 5.69. The van der Waals surface area contributed by atoms with E-state index >= 15 is 0 Å². The van der Waals surface area contributed by atoms with Crippen LogP contribution in [0.25, 0.3) is 11.1 Å². The summed E-state index contributed by atoms with van der Waals surface area (Å²) in [5.41, 5.74) is 3.44. The maximum absolute atomic E-state index is 6.00. The van der Waals surface area contributed by atoms with Crippen LogP contribution in [0.5, 0.6) is 5.75 Å². The Bertz CT molecular complexity index is 705. The quantitative estimate of drug-likeness (QED) is 0.593. The number of hydrogen-bond acceptors (Lipinski definition) is 1. The van der Waals surface area contributed by atoms with Crippen LogP contribution in [-0.2, 0) is 6.61 Å². The van der Waals surface area contributed by atoms with Crippen LogP contribution in [0.15, 0.2) is 83.3 Å². The minimum Gasteiger partial charge on any atom is -0.488 e. The molecule has 0 aliphatic carbocycles. The Morgan fingerprint density at radius 2 is 1.38 bits per heavy atom. The molecule has 0 amide bonds. The van der Waals surface area contributed by atoms with Gasteiger partial charge in [0.15, 0.2) is 0 Å². The van der Waals surface area contributed by atoms with Crippen LogP contribution in [0.4, 0.5) is 0 Å². The van der Waals surface area contributed by atoms with Crippen molar-refractivity contribution in [3.8, 4) is 16.9 Å². The summed E-state index contributed by atoms with van der Waals surface area (Å²) < 4.78 is 7.08. The first-order valence-corrected chi connectivity index (χ1v) is 7.64. The van der Waals surface area contributed by atoms with Gasteiger partial charge in [-0.3, -0.25) is 0 Å². The molecule has 0 bridgehead atoms. The van der Waals surface area contributed by atoms with E-state index in [1.807, 2.05) is 48.5 Å². The van der Waals surface area contributed by atoms with E-state index in [0.717, 1.165) is 21.3 Å². The molecule has 0 radical (unpaired) electrons. The molecule has 0 atom stereocenters. The maximum Gasteiger partial charge on any atom is 0.127 e. The van der Waals surface area contributed by atoms with Gasteiger partial charge < -0.3 is 4.74 Å². The Kier molecular flexibility index (Phi) is 4.37. The molecule has 0 heterocycles. The largest absolute Gasteiger partial charge is 0.488 e. The minimum atomic E-state index is 0.567. The fourth-order valence-corrected chi connectivity index (χ4v) is 2.45. The van der Waals surface area contributed by atoms with E-state index in [9.17, 15) is 0 Å². The first kappa shape index (κ1) is 13.9. The van der Waals surface area contributed by atoms with Gasteiger partial charge in [-0.2, -0.15) is 0 Å². The minimum absolute atomic E-state index is 0.567. The zero-order chi connectivity index (χ0) is 14.5. The van der Waals surface area contributed by atoms with Gasteiger partial charge in [0.25, 0.3) is 0 Å². The zero-order valence-electron chi connectivity index (χ0n) is 11.5. The Morgan fingerprint density at radius 1 is 0.714 bits per heavy atom. The molecule has 1 nitrogen and oxygen atoms in total. The van der Waals surface area contributed by atoms with E-state index in [4.69, 9.17) is 4.74 Å². The van der Waals surface area contributed by atoms with E-state index < -0.39 is 0 Å². The lowest BCUT2D eigenvalue weighted by Gasteiger charge is -2.11. The van der Waals surface area contributed by atoms with Gasteiger partial charge in [-0.25, -0.2) is 0 Å². The van der Waals surface area contributed by atoms with Crippen molar-refractivity contribution < 1.29 is 4.74 Å². The van der Waals surface area contributed by atoms with Crippen LogP contribution in [-0.4, -0.2) is 0 Å². The lowest BCUT2D eigenvalue weighted by atomic mass is 10.1. The average molecular weight is 339 g/mol. The van der Waals surface area contributed by atoms with Gasteiger partial charge in [0.05, 0.1) is 0 Å². The third-order valence-corrected chi connectivity index (χ3v) is 3.81. The van der Waals surface area contributed by atoms with Crippen molar-refractivity contribution in [1.29, 1.82) is 0 Å². The van der Waals surface area contributed by atoms with Crippen molar-refractivity contribution in [2.75, 3.05) is 0 Å². The van der Waals surface area contributed by atoms with E-state index in [2.05, 4.69) is 46.3 Å². The summed E-state index contributed by atoms with van der Waals surface area (Å²) in [4.78, 5) is 0. The van der Waals surface area contributed by atoms with Crippen molar-refractivity contribution in [1.82, 2.24) is 0 Å². The number of hydrogen-bond donors (Lipinski definition) is 0. The number of rotatable bonds is 4. The number of ether oxygens (including phenoxy) is 1. The lowest BCUT2D eigenvalue weighted by Crippen LogP contribution is -1.96. The fraction of sp³-hybridized carbons (Fsp3) is 0.0526. The molecule has 0 spiro atoms. The van der Waals surface area contributed by atoms with Crippen molar-refractivity contribution in [3.63, 3.8) is 0 Å². The highest BCUT2D eigenvalue weighted by atomic mass is 79.9. The lowest BCUT2D eigenvalue weighted by molar-refractivity contribution is 0.307. The van der Waals surface area contributed by atoms with Crippen LogP contribution >= 0.6 is 15.9 Å². The summed E-state index contributed by atoms with van der Waals surface area (Å²) in [6.07, 6.45) is 0. The highest BCUT2D eigenvalue weighted by Gasteiger charge is 2.05. The second-order valence-electron chi connectivity index (χ2n) is 4.78. The van der Waals surface area contributed by atoms with Gasteiger partial charge >= 0.3 is 0 Å². The molecule has 0 unspecified atom stereocenters. The van der Waals surface area contributed by atoms with Crippen LogP contribution in [0.1, 0.15) is 5.56 Å². The molecule has 3 rings (SSSR count). The maximum atomic E-state index is 6.00. The summed E-state index contributed by atoms with van der Waals surface area (Å²) >= 11 is 3.44. The first-order chi connectivity index (χ1) is 10.3. The van der Waals surface area contributed by atoms with Gasteiger partial charge in [-0.1, -0.05) is 76.6 Å². The molecule has 104 valence electrons. The number of halogens is 1. The summed E-state index contributed by atoms with van der Waals surface area (Å²) in [6.45, 7) is 0.567.